The lowest BCUT2D eigenvalue weighted by atomic mass is 10.0. The summed E-state index contributed by atoms with van der Waals surface area (Å²) in [5, 5.41) is 0.388. The largest absolute Gasteiger partial charge is 0.364 e. The van der Waals surface area contributed by atoms with Crippen LogP contribution in [-0.2, 0) is 9.59 Å². The molecule has 0 radical (unpaired) electrons. The van der Waals surface area contributed by atoms with Gasteiger partial charge in [-0.05, 0) is 42.9 Å². The SMILES string of the molecule is CN1CCN(C2=C(c3ccc(Cl)cc3)C(=O)N(c3ccc(F)c(Cl)c3)C2=O)CC1. The van der Waals surface area contributed by atoms with Crippen LogP contribution in [0, 0.1) is 5.82 Å². The van der Waals surface area contributed by atoms with Crippen molar-refractivity contribution in [2.75, 3.05) is 38.1 Å². The number of piperazine rings is 1. The third-order valence-electron chi connectivity index (χ3n) is 5.17. The average Bonchev–Trinajstić information content (AvgIpc) is 2.96. The van der Waals surface area contributed by atoms with Crippen molar-refractivity contribution in [2.24, 2.45) is 0 Å². The number of carbonyl (C=O) groups excluding carboxylic acids is 2. The van der Waals surface area contributed by atoms with E-state index in [1.807, 2.05) is 11.9 Å². The number of halogens is 3. The van der Waals surface area contributed by atoms with E-state index in [2.05, 4.69) is 4.90 Å². The first-order valence-electron chi connectivity index (χ1n) is 9.14. The molecule has 8 heteroatoms. The van der Waals surface area contributed by atoms with Gasteiger partial charge in [0.05, 0.1) is 16.3 Å². The highest BCUT2D eigenvalue weighted by Crippen LogP contribution is 2.36. The van der Waals surface area contributed by atoms with Crippen LogP contribution >= 0.6 is 23.2 Å². The molecule has 0 bridgehead atoms. The van der Waals surface area contributed by atoms with E-state index >= 15 is 0 Å². The molecule has 0 N–H and O–H groups in total. The molecule has 2 aliphatic rings. The number of carbonyl (C=O) groups is 2. The summed E-state index contributed by atoms with van der Waals surface area (Å²) in [5.74, 6) is -1.51. The van der Waals surface area contributed by atoms with Crippen LogP contribution in [0.1, 0.15) is 5.56 Å². The average molecular weight is 434 g/mol. The Kier molecular flexibility index (Phi) is 5.34. The second-order valence-corrected chi connectivity index (χ2v) is 7.91. The number of hydrogen-bond donors (Lipinski definition) is 0. The molecule has 0 atom stereocenters. The first kappa shape index (κ1) is 19.9. The fourth-order valence-electron chi connectivity index (χ4n) is 3.58. The lowest BCUT2D eigenvalue weighted by Gasteiger charge is -2.34. The van der Waals surface area contributed by atoms with Gasteiger partial charge >= 0.3 is 0 Å². The minimum atomic E-state index is -0.611. The van der Waals surface area contributed by atoms with Crippen LogP contribution in [-0.4, -0.2) is 54.8 Å². The van der Waals surface area contributed by atoms with Crippen LogP contribution in [0.15, 0.2) is 48.2 Å². The Hall–Kier alpha value is -2.41. The number of amides is 2. The fraction of sp³-hybridized carbons (Fsp3) is 0.238. The quantitative estimate of drug-likeness (QED) is 0.692. The van der Waals surface area contributed by atoms with Gasteiger partial charge in [-0.2, -0.15) is 0 Å². The standard InChI is InChI=1S/C21H18Cl2FN3O2/c1-25-8-10-26(11-9-25)19-18(13-2-4-14(22)5-3-13)20(28)27(21(19)29)15-6-7-17(24)16(23)12-15/h2-7,12H,8-11H2,1H3. The molecule has 0 aliphatic carbocycles. The Balaban J connectivity index is 1.81. The topological polar surface area (TPSA) is 43.9 Å². The first-order chi connectivity index (χ1) is 13.9. The van der Waals surface area contributed by atoms with E-state index in [0.29, 0.717) is 34.9 Å². The van der Waals surface area contributed by atoms with E-state index < -0.39 is 17.6 Å². The van der Waals surface area contributed by atoms with Crippen LogP contribution in [0.25, 0.3) is 5.57 Å². The van der Waals surface area contributed by atoms with Gasteiger partial charge in [0.15, 0.2) is 0 Å². The lowest BCUT2D eigenvalue weighted by Crippen LogP contribution is -2.46. The maximum absolute atomic E-state index is 13.6. The van der Waals surface area contributed by atoms with Crippen LogP contribution in [0.5, 0.6) is 0 Å². The molecule has 1 fully saturated rings. The van der Waals surface area contributed by atoms with Crippen molar-refractivity contribution < 1.29 is 14.0 Å². The second kappa shape index (κ2) is 7.78. The maximum Gasteiger partial charge on any atom is 0.282 e. The number of anilines is 1. The van der Waals surface area contributed by atoms with E-state index in [1.54, 1.807) is 24.3 Å². The normalized spacial score (nSPS) is 18.2. The summed E-state index contributed by atoms with van der Waals surface area (Å²) >= 11 is 11.9. The zero-order valence-corrected chi connectivity index (χ0v) is 17.2. The summed E-state index contributed by atoms with van der Waals surface area (Å²) in [6, 6.07) is 10.6. The fourth-order valence-corrected chi connectivity index (χ4v) is 3.88. The highest BCUT2D eigenvalue weighted by atomic mass is 35.5. The number of likely N-dealkylation sites (N-methyl/N-ethyl adjacent to an activating group) is 1. The van der Waals surface area contributed by atoms with Gasteiger partial charge in [0.1, 0.15) is 11.5 Å². The van der Waals surface area contributed by atoms with Crippen LogP contribution in [0.2, 0.25) is 10.0 Å². The molecular weight excluding hydrogens is 416 g/mol. The van der Waals surface area contributed by atoms with Crippen molar-refractivity contribution in [3.8, 4) is 0 Å². The summed E-state index contributed by atoms with van der Waals surface area (Å²) in [4.78, 5) is 31.9. The Labute approximate surface area is 177 Å². The van der Waals surface area contributed by atoms with Crippen molar-refractivity contribution in [2.45, 2.75) is 0 Å². The highest BCUT2D eigenvalue weighted by molar-refractivity contribution is 6.45. The van der Waals surface area contributed by atoms with Gasteiger partial charge < -0.3 is 9.80 Å². The third-order valence-corrected chi connectivity index (χ3v) is 5.71. The van der Waals surface area contributed by atoms with Crippen molar-refractivity contribution in [3.05, 3.63) is 69.6 Å². The molecule has 2 aliphatic heterocycles. The number of imide groups is 1. The molecule has 0 aromatic heterocycles. The predicted octanol–water partition coefficient (Wildman–Crippen LogP) is 3.66. The minimum Gasteiger partial charge on any atom is -0.364 e. The van der Waals surface area contributed by atoms with E-state index in [9.17, 15) is 14.0 Å². The number of rotatable bonds is 3. The highest BCUT2D eigenvalue weighted by Gasteiger charge is 2.43. The molecule has 150 valence electrons. The summed E-state index contributed by atoms with van der Waals surface area (Å²) < 4.78 is 13.6. The Morgan fingerprint density at radius 2 is 1.55 bits per heavy atom. The molecular formula is C21H18Cl2FN3O2. The summed E-state index contributed by atoms with van der Waals surface area (Å²) in [5.41, 5.74) is 1.52. The molecule has 2 aromatic rings. The predicted molar refractivity (Wildman–Crippen MR) is 111 cm³/mol. The van der Waals surface area contributed by atoms with Gasteiger partial charge in [0, 0.05) is 31.2 Å². The monoisotopic (exact) mass is 433 g/mol. The Morgan fingerprint density at radius 1 is 0.897 bits per heavy atom. The molecule has 29 heavy (non-hydrogen) atoms. The van der Waals surface area contributed by atoms with Gasteiger partial charge in [-0.1, -0.05) is 35.3 Å². The van der Waals surface area contributed by atoms with Gasteiger partial charge in [-0.15, -0.1) is 0 Å². The van der Waals surface area contributed by atoms with Crippen molar-refractivity contribution >= 4 is 46.3 Å². The summed E-state index contributed by atoms with van der Waals surface area (Å²) in [6.45, 7) is 2.81. The van der Waals surface area contributed by atoms with Crippen LogP contribution < -0.4 is 4.90 Å². The van der Waals surface area contributed by atoms with E-state index in [4.69, 9.17) is 23.2 Å². The van der Waals surface area contributed by atoms with Gasteiger partial charge in [0.2, 0.25) is 0 Å². The van der Waals surface area contributed by atoms with Crippen LogP contribution in [0.3, 0.4) is 0 Å². The molecule has 1 saturated heterocycles. The smallest absolute Gasteiger partial charge is 0.282 e. The molecule has 0 spiro atoms. The zero-order valence-electron chi connectivity index (χ0n) is 15.7. The number of nitrogens with zero attached hydrogens (tertiary/aromatic N) is 3. The number of hydrogen-bond acceptors (Lipinski definition) is 4. The van der Waals surface area contributed by atoms with Gasteiger partial charge in [0.25, 0.3) is 11.8 Å². The lowest BCUT2D eigenvalue weighted by molar-refractivity contribution is -0.120. The van der Waals surface area contributed by atoms with Gasteiger partial charge in [-0.25, -0.2) is 9.29 Å². The third kappa shape index (κ3) is 3.64. The van der Waals surface area contributed by atoms with Crippen molar-refractivity contribution in [1.82, 2.24) is 9.80 Å². The van der Waals surface area contributed by atoms with E-state index in [1.165, 1.54) is 12.1 Å². The number of benzene rings is 2. The van der Waals surface area contributed by atoms with Crippen molar-refractivity contribution in [3.63, 3.8) is 0 Å². The molecule has 2 aromatic carbocycles. The maximum atomic E-state index is 13.6. The Morgan fingerprint density at radius 3 is 2.17 bits per heavy atom. The Bertz CT molecular complexity index is 1020. The first-order valence-corrected chi connectivity index (χ1v) is 9.90. The summed E-state index contributed by atoms with van der Waals surface area (Å²) in [6.07, 6.45) is 0. The van der Waals surface area contributed by atoms with E-state index in [0.717, 1.165) is 24.1 Å². The molecule has 5 nitrogen and oxygen atoms in total. The second-order valence-electron chi connectivity index (χ2n) is 7.06. The molecule has 2 heterocycles. The molecule has 2 amide bonds. The summed E-state index contributed by atoms with van der Waals surface area (Å²) in [7, 11) is 2.01. The van der Waals surface area contributed by atoms with Crippen molar-refractivity contribution in [1.29, 1.82) is 0 Å². The molecule has 4 rings (SSSR count). The zero-order chi connectivity index (χ0) is 20.7. The molecule has 0 saturated carbocycles. The van der Waals surface area contributed by atoms with E-state index in [-0.39, 0.29) is 10.7 Å². The minimum absolute atomic E-state index is 0.149. The van der Waals surface area contributed by atoms with Crippen LogP contribution in [0.4, 0.5) is 10.1 Å². The van der Waals surface area contributed by atoms with Gasteiger partial charge in [-0.3, -0.25) is 9.59 Å². The molecule has 0 unspecified atom stereocenters.